The molecule has 126 valence electrons. The van der Waals surface area contributed by atoms with Crippen molar-refractivity contribution in [2.45, 2.75) is 45.4 Å². The van der Waals surface area contributed by atoms with Crippen LogP contribution in [0.2, 0.25) is 0 Å². The lowest BCUT2D eigenvalue weighted by Gasteiger charge is -2.21. The molecule has 1 aliphatic rings. The number of nitrogens with zero attached hydrogens (tertiary/aromatic N) is 2. The molecule has 0 spiro atoms. The van der Waals surface area contributed by atoms with Crippen molar-refractivity contribution in [1.82, 2.24) is 15.1 Å². The molecule has 0 atom stereocenters. The fourth-order valence-corrected chi connectivity index (χ4v) is 2.65. The van der Waals surface area contributed by atoms with Crippen molar-refractivity contribution < 1.29 is 9.59 Å². The van der Waals surface area contributed by atoms with Crippen LogP contribution in [0.15, 0.2) is 11.6 Å². The van der Waals surface area contributed by atoms with Gasteiger partial charge in [0.05, 0.1) is 6.54 Å². The Balaban J connectivity index is 2.24. The highest BCUT2D eigenvalue weighted by Gasteiger charge is 2.13. The van der Waals surface area contributed by atoms with Gasteiger partial charge in [-0.15, -0.1) is 0 Å². The summed E-state index contributed by atoms with van der Waals surface area (Å²) in [6, 6.07) is 0. The molecule has 0 bridgehead atoms. The zero-order chi connectivity index (χ0) is 16.4. The summed E-state index contributed by atoms with van der Waals surface area (Å²) in [5.74, 6) is -0.0969. The second-order valence-electron chi connectivity index (χ2n) is 6.31. The van der Waals surface area contributed by atoms with Gasteiger partial charge < -0.3 is 15.1 Å². The van der Waals surface area contributed by atoms with Crippen molar-refractivity contribution in [2.75, 3.05) is 40.3 Å². The Morgan fingerprint density at radius 1 is 1.23 bits per heavy atom. The molecule has 0 aliphatic heterocycles. The average Bonchev–Trinajstić information content (AvgIpc) is 2.47. The summed E-state index contributed by atoms with van der Waals surface area (Å²) in [6.45, 7) is 3.91. The molecule has 5 heteroatoms. The van der Waals surface area contributed by atoms with Gasteiger partial charge in [0, 0.05) is 20.0 Å². The van der Waals surface area contributed by atoms with Crippen LogP contribution < -0.4 is 5.32 Å². The lowest BCUT2D eigenvalue weighted by molar-refractivity contribution is -0.134. The SMILES string of the molecule is CC(=O)N(CCCN(C)C)CC(=O)NCCC1=CCCCC1. The highest BCUT2D eigenvalue weighted by Crippen LogP contribution is 2.19. The molecular formula is C17H31N3O2. The van der Waals surface area contributed by atoms with E-state index in [0.29, 0.717) is 13.1 Å². The van der Waals surface area contributed by atoms with Crippen molar-refractivity contribution in [3.63, 3.8) is 0 Å². The van der Waals surface area contributed by atoms with Gasteiger partial charge in [0.2, 0.25) is 11.8 Å². The Bertz CT molecular complexity index is 391. The summed E-state index contributed by atoms with van der Waals surface area (Å²) < 4.78 is 0. The van der Waals surface area contributed by atoms with E-state index < -0.39 is 0 Å². The predicted molar refractivity (Wildman–Crippen MR) is 89.6 cm³/mol. The van der Waals surface area contributed by atoms with Crippen LogP contribution in [0.3, 0.4) is 0 Å². The minimum atomic E-state index is -0.0588. The van der Waals surface area contributed by atoms with Crippen molar-refractivity contribution in [2.24, 2.45) is 0 Å². The summed E-state index contributed by atoms with van der Waals surface area (Å²) >= 11 is 0. The third kappa shape index (κ3) is 8.17. The summed E-state index contributed by atoms with van der Waals surface area (Å²) in [4.78, 5) is 27.3. The summed E-state index contributed by atoms with van der Waals surface area (Å²) in [5.41, 5.74) is 1.46. The number of amides is 2. The second kappa shape index (κ2) is 10.4. The highest BCUT2D eigenvalue weighted by atomic mass is 16.2. The van der Waals surface area contributed by atoms with Gasteiger partial charge in [-0.05, 0) is 59.2 Å². The molecule has 0 fully saturated rings. The Labute approximate surface area is 134 Å². The first-order valence-electron chi connectivity index (χ1n) is 8.34. The topological polar surface area (TPSA) is 52.7 Å². The first-order chi connectivity index (χ1) is 10.5. The first-order valence-corrected chi connectivity index (χ1v) is 8.34. The van der Waals surface area contributed by atoms with Crippen molar-refractivity contribution in [1.29, 1.82) is 0 Å². The highest BCUT2D eigenvalue weighted by molar-refractivity contribution is 5.83. The molecule has 5 nitrogen and oxygen atoms in total. The number of carbonyl (C=O) groups is 2. The minimum absolute atomic E-state index is 0.0381. The second-order valence-corrected chi connectivity index (χ2v) is 6.31. The minimum Gasteiger partial charge on any atom is -0.354 e. The number of rotatable bonds is 9. The monoisotopic (exact) mass is 309 g/mol. The molecule has 0 saturated carbocycles. The van der Waals surface area contributed by atoms with E-state index in [9.17, 15) is 9.59 Å². The molecule has 0 aromatic carbocycles. The maximum Gasteiger partial charge on any atom is 0.239 e. The van der Waals surface area contributed by atoms with Gasteiger partial charge >= 0.3 is 0 Å². The molecule has 2 amide bonds. The summed E-state index contributed by atoms with van der Waals surface area (Å²) in [5, 5.41) is 2.93. The molecule has 1 aliphatic carbocycles. The van der Waals surface area contributed by atoms with Gasteiger partial charge in [0.15, 0.2) is 0 Å². The van der Waals surface area contributed by atoms with Gasteiger partial charge in [0.1, 0.15) is 0 Å². The van der Waals surface area contributed by atoms with E-state index in [1.165, 1.54) is 38.2 Å². The molecule has 1 rings (SSSR count). The maximum absolute atomic E-state index is 12.0. The normalized spacial score (nSPS) is 14.6. The van der Waals surface area contributed by atoms with Crippen LogP contribution in [-0.2, 0) is 9.59 Å². The van der Waals surface area contributed by atoms with E-state index in [1.807, 2.05) is 14.1 Å². The molecule has 0 heterocycles. The number of carbonyl (C=O) groups excluding carboxylic acids is 2. The molecule has 22 heavy (non-hydrogen) atoms. The molecule has 1 N–H and O–H groups in total. The van der Waals surface area contributed by atoms with Crippen LogP contribution in [0.5, 0.6) is 0 Å². The summed E-state index contributed by atoms with van der Waals surface area (Å²) in [7, 11) is 4.01. The molecule has 0 radical (unpaired) electrons. The van der Waals surface area contributed by atoms with Gasteiger partial charge in [-0.2, -0.15) is 0 Å². The van der Waals surface area contributed by atoms with Crippen molar-refractivity contribution in [3.8, 4) is 0 Å². The Kier molecular flexibility index (Phi) is 8.82. The number of allylic oxidation sites excluding steroid dienone is 1. The smallest absolute Gasteiger partial charge is 0.239 e. The van der Waals surface area contributed by atoms with Crippen molar-refractivity contribution >= 4 is 11.8 Å². The summed E-state index contributed by atoms with van der Waals surface area (Å²) in [6.07, 6.45) is 9.02. The van der Waals surface area contributed by atoms with E-state index in [-0.39, 0.29) is 18.4 Å². The third-order valence-corrected chi connectivity index (χ3v) is 3.97. The van der Waals surface area contributed by atoms with E-state index >= 15 is 0 Å². The number of hydrogen-bond donors (Lipinski definition) is 1. The molecular weight excluding hydrogens is 278 g/mol. The van der Waals surface area contributed by atoms with Crippen LogP contribution in [0.1, 0.15) is 45.4 Å². The lowest BCUT2D eigenvalue weighted by Crippen LogP contribution is -2.41. The molecule has 0 saturated heterocycles. The van der Waals surface area contributed by atoms with Crippen LogP contribution in [0.4, 0.5) is 0 Å². The molecule has 0 unspecified atom stereocenters. The zero-order valence-corrected chi connectivity index (χ0v) is 14.4. The maximum atomic E-state index is 12.0. The third-order valence-electron chi connectivity index (χ3n) is 3.97. The van der Waals surface area contributed by atoms with Crippen molar-refractivity contribution in [3.05, 3.63) is 11.6 Å². The molecule has 0 aromatic rings. The largest absolute Gasteiger partial charge is 0.354 e. The van der Waals surface area contributed by atoms with E-state index in [0.717, 1.165) is 19.4 Å². The van der Waals surface area contributed by atoms with Gasteiger partial charge in [-0.25, -0.2) is 0 Å². The van der Waals surface area contributed by atoms with E-state index in [4.69, 9.17) is 0 Å². The Morgan fingerprint density at radius 3 is 2.59 bits per heavy atom. The number of nitrogens with one attached hydrogen (secondary N) is 1. The average molecular weight is 309 g/mol. The Morgan fingerprint density at radius 2 is 2.00 bits per heavy atom. The molecule has 0 aromatic heterocycles. The predicted octanol–water partition coefficient (Wildman–Crippen LogP) is 1.79. The zero-order valence-electron chi connectivity index (χ0n) is 14.4. The van der Waals surface area contributed by atoms with Gasteiger partial charge in [-0.3, -0.25) is 9.59 Å². The fraction of sp³-hybridized carbons (Fsp3) is 0.765. The van der Waals surface area contributed by atoms with E-state index in [1.54, 1.807) is 4.90 Å². The van der Waals surface area contributed by atoms with E-state index in [2.05, 4.69) is 16.3 Å². The number of hydrogen-bond acceptors (Lipinski definition) is 3. The van der Waals surface area contributed by atoms with Gasteiger partial charge in [0.25, 0.3) is 0 Å². The van der Waals surface area contributed by atoms with Crippen LogP contribution in [0.25, 0.3) is 0 Å². The lowest BCUT2D eigenvalue weighted by atomic mass is 9.97. The van der Waals surface area contributed by atoms with Gasteiger partial charge in [-0.1, -0.05) is 11.6 Å². The quantitative estimate of drug-likeness (QED) is 0.661. The van der Waals surface area contributed by atoms with Crippen LogP contribution in [-0.4, -0.2) is 61.9 Å². The van der Waals surface area contributed by atoms with Crippen LogP contribution in [0, 0.1) is 0 Å². The first kappa shape index (κ1) is 18.7. The van der Waals surface area contributed by atoms with Crippen LogP contribution >= 0.6 is 0 Å². The standard InChI is InChI=1S/C17H31N3O2/c1-15(21)20(13-7-12-19(2)3)14-17(22)18-11-10-16-8-5-4-6-9-16/h8H,4-7,9-14H2,1-3H3,(H,18,22). The Hall–Kier alpha value is -1.36. The fourth-order valence-electron chi connectivity index (χ4n) is 2.65.